The van der Waals surface area contributed by atoms with Crippen molar-refractivity contribution in [1.82, 2.24) is 0 Å². The molecule has 1 aliphatic rings. The number of benzene rings is 3. The zero-order valence-corrected chi connectivity index (χ0v) is 17.7. The lowest BCUT2D eigenvalue weighted by atomic mass is 10.1. The Labute approximate surface area is 182 Å². The van der Waals surface area contributed by atoms with Crippen LogP contribution in [0.4, 0.5) is 5.69 Å². The zero-order chi connectivity index (χ0) is 20.5. The molecule has 0 radical (unpaired) electrons. The molecule has 0 fully saturated rings. The molecule has 3 aromatic carbocycles. The standard InChI is InChI=1S/C23H15Cl2NO2S/c1-14-18(25)8-5-9-19(14)26-22(27)20(15-6-3-2-4-7-15)21(23(26)28)29-17-12-10-16(24)11-13-17/h2-13H,1H3. The molecular weight excluding hydrogens is 425 g/mol. The zero-order valence-electron chi connectivity index (χ0n) is 15.4. The monoisotopic (exact) mass is 439 g/mol. The molecular formula is C23H15Cl2NO2S. The minimum absolute atomic E-state index is 0.358. The van der Waals surface area contributed by atoms with Crippen molar-refractivity contribution in [3.8, 4) is 0 Å². The quantitative estimate of drug-likeness (QED) is 0.442. The summed E-state index contributed by atoms with van der Waals surface area (Å²) in [6, 6.07) is 21.6. The number of amides is 2. The van der Waals surface area contributed by atoms with E-state index in [1.165, 1.54) is 16.7 Å². The minimum Gasteiger partial charge on any atom is -0.268 e. The van der Waals surface area contributed by atoms with Crippen molar-refractivity contribution >= 4 is 58.0 Å². The summed E-state index contributed by atoms with van der Waals surface area (Å²) in [5.41, 5.74) is 2.26. The van der Waals surface area contributed by atoms with E-state index < -0.39 is 0 Å². The SMILES string of the molecule is Cc1c(Cl)cccc1N1C(=O)C(Sc2ccc(Cl)cc2)=C(c2ccccc2)C1=O. The first-order chi connectivity index (χ1) is 14.0. The van der Waals surface area contributed by atoms with E-state index >= 15 is 0 Å². The summed E-state index contributed by atoms with van der Waals surface area (Å²) >= 11 is 13.5. The maximum absolute atomic E-state index is 13.4. The Hall–Kier alpha value is -2.53. The van der Waals surface area contributed by atoms with Crippen LogP contribution in [0.25, 0.3) is 5.57 Å². The van der Waals surface area contributed by atoms with Gasteiger partial charge in [0.1, 0.15) is 0 Å². The number of hydrogen-bond acceptors (Lipinski definition) is 3. The molecule has 6 heteroatoms. The normalized spacial score (nSPS) is 14.1. The van der Waals surface area contributed by atoms with E-state index in [2.05, 4.69) is 0 Å². The summed E-state index contributed by atoms with van der Waals surface area (Å²) in [6.45, 7) is 1.80. The highest BCUT2D eigenvalue weighted by Gasteiger charge is 2.41. The third-order valence-electron chi connectivity index (χ3n) is 4.62. The molecule has 1 heterocycles. The van der Waals surface area contributed by atoms with E-state index in [1.807, 2.05) is 42.5 Å². The van der Waals surface area contributed by atoms with Crippen LogP contribution < -0.4 is 4.90 Å². The lowest BCUT2D eigenvalue weighted by Gasteiger charge is -2.18. The van der Waals surface area contributed by atoms with Crippen LogP contribution in [0.3, 0.4) is 0 Å². The Morgan fingerprint density at radius 2 is 1.48 bits per heavy atom. The maximum atomic E-state index is 13.4. The molecule has 29 heavy (non-hydrogen) atoms. The van der Waals surface area contributed by atoms with Gasteiger partial charge in [-0.25, -0.2) is 4.90 Å². The fourth-order valence-electron chi connectivity index (χ4n) is 3.14. The van der Waals surface area contributed by atoms with Gasteiger partial charge in [0.2, 0.25) is 0 Å². The summed E-state index contributed by atoms with van der Waals surface area (Å²) in [5.74, 6) is -0.720. The highest BCUT2D eigenvalue weighted by molar-refractivity contribution is 8.04. The molecule has 144 valence electrons. The van der Waals surface area contributed by atoms with Gasteiger partial charge < -0.3 is 0 Å². The summed E-state index contributed by atoms with van der Waals surface area (Å²) < 4.78 is 0. The number of nitrogens with zero attached hydrogens (tertiary/aromatic N) is 1. The number of halogens is 2. The van der Waals surface area contributed by atoms with Gasteiger partial charge >= 0.3 is 0 Å². The highest BCUT2D eigenvalue weighted by Crippen LogP contribution is 2.42. The van der Waals surface area contributed by atoms with Gasteiger partial charge in [-0.05, 0) is 54.4 Å². The summed E-state index contributed by atoms with van der Waals surface area (Å²) in [7, 11) is 0. The average Bonchev–Trinajstić information content (AvgIpc) is 2.96. The molecule has 1 aliphatic heterocycles. The van der Waals surface area contributed by atoms with Gasteiger partial charge in [0.15, 0.2) is 0 Å². The Morgan fingerprint density at radius 1 is 0.793 bits per heavy atom. The van der Waals surface area contributed by atoms with Crippen molar-refractivity contribution in [3.05, 3.63) is 98.9 Å². The highest BCUT2D eigenvalue weighted by atomic mass is 35.5. The van der Waals surface area contributed by atoms with Crippen molar-refractivity contribution in [1.29, 1.82) is 0 Å². The number of thioether (sulfide) groups is 1. The third kappa shape index (κ3) is 3.71. The maximum Gasteiger partial charge on any atom is 0.272 e. The minimum atomic E-state index is -0.362. The number of hydrogen-bond donors (Lipinski definition) is 0. The van der Waals surface area contributed by atoms with Crippen LogP contribution in [0.5, 0.6) is 0 Å². The Balaban J connectivity index is 1.84. The lowest BCUT2D eigenvalue weighted by molar-refractivity contribution is -0.119. The van der Waals surface area contributed by atoms with E-state index in [0.717, 1.165) is 4.90 Å². The lowest BCUT2D eigenvalue weighted by Crippen LogP contribution is -2.32. The van der Waals surface area contributed by atoms with Crippen LogP contribution in [-0.2, 0) is 9.59 Å². The van der Waals surface area contributed by atoms with Crippen LogP contribution in [0, 0.1) is 6.92 Å². The first-order valence-electron chi connectivity index (χ1n) is 8.84. The topological polar surface area (TPSA) is 37.4 Å². The second-order valence-electron chi connectivity index (χ2n) is 6.46. The van der Waals surface area contributed by atoms with Crippen molar-refractivity contribution in [3.63, 3.8) is 0 Å². The van der Waals surface area contributed by atoms with Gasteiger partial charge in [-0.3, -0.25) is 9.59 Å². The average molecular weight is 440 g/mol. The fraction of sp³-hybridized carbons (Fsp3) is 0.0435. The molecule has 0 atom stereocenters. The van der Waals surface area contributed by atoms with Crippen LogP contribution in [0.2, 0.25) is 10.0 Å². The largest absolute Gasteiger partial charge is 0.272 e. The summed E-state index contributed by atoms with van der Waals surface area (Å²) in [6.07, 6.45) is 0. The first kappa shape index (κ1) is 19.8. The fourth-order valence-corrected chi connectivity index (χ4v) is 4.43. The third-order valence-corrected chi connectivity index (χ3v) is 6.37. The molecule has 3 nitrogen and oxygen atoms in total. The molecule has 0 unspecified atom stereocenters. The van der Waals surface area contributed by atoms with Gasteiger partial charge in [-0.15, -0.1) is 0 Å². The predicted octanol–water partition coefficient (Wildman–Crippen LogP) is 6.38. The van der Waals surface area contributed by atoms with Gasteiger partial charge in [0, 0.05) is 14.9 Å². The van der Waals surface area contributed by atoms with Gasteiger partial charge in [-0.1, -0.05) is 71.4 Å². The summed E-state index contributed by atoms with van der Waals surface area (Å²) in [4.78, 5) is 29.2. The Kier molecular flexibility index (Phi) is 5.50. The first-order valence-corrected chi connectivity index (χ1v) is 10.4. The van der Waals surface area contributed by atoms with Crippen molar-refractivity contribution in [2.45, 2.75) is 11.8 Å². The smallest absolute Gasteiger partial charge is 0.268 e. The van der Waals surface area contributed by atoms with Crippen LogP contribution in [-0.4, -0.2) is 11.8 Å². The van der Waals surface area contributed by atoms with Crippen molar-refractivity contribution < 1.29 is 9.59 Å². The molecule has 0 N–H and O–H groups in total. The van der Waals surface area contributed by atoms with Crippen molar-refractivity contribution in [2.75, 3.05) is 4.90 Å². The van der Waals surface area contributed by atoms with E-state index in [4.69, 9.17) is 23.2 Å². The predicted molar refractivity (Wildman–Crippen MR) is 119 cm³/mol. The number of rotatable bonds is 4. The molecule has 4 rings (SSSR count). The molecule has 2 amide bonds. The van der Waals surface area contributed by atoms with E-state index in [1.54, 1.807) is 37.3 Å². The summed E-state index contributed by atoms with van der Waals surface area (Å²) in [5, 5.41) is 1.11. The molecule has 0 aliphatic carbocycles. The van der Waals surface area contributed by atoms with E-state index in [-0.39, 0.29) is 11.8 Å². The molecule has 0 saturated heterocycles. The Bertz CT molecular complexity index is 1140. The molecule has 0 spiro atoms. The number of imide groups is 1. The van der Waals surface area contributed by atoms with Crippen molar-refractivity contribution in [2.24, 2.45) is 0 Å². The molecule has 0 bridgehead atoms. The van der Waals surface area contributed by atoms with E-state index in [0.29, 0.717) is 37.3 Å². The second-order valence-corrected chi connectivity index (χ2v) is 8.38. The van der Waals surface area contributed by atoms with Gasteiger partial charge in [0.25, 0.3) is 11.8 Å². The van der Waals surface area contributed by atoms with Gasteiger partial charge in [0.05, 0.1) is 16.2 Å². The van der Waals surface area contributed by atoms with Crippen LogP contribution in [0.15, 0.2) is 82.6 Å². The number of carbonyl (C=O) groups excluding carboxylic acids is 2. The number of anilines is 1. The Morgan fingerprint density at radius 3 is 2.17 bits per heavy atom. The number of carbonyl (C=O) groups is 2. The van der Waals surface area contributed by atoms with E-state index in [9.17, 15) is 9.59 Å². The van der Waals surface area contributed by atoms with Crippen LogP contribution in [0.1, 0.15) is 11.1 Å². The molecule has 3 aromatic rings. The van der Waals surface area contributed by atoms with Crippen LogP contribution >= 0.6 is 35.0 Å². The molecule has 0 aromatic heterocycles. The van der Waals surface area contributed by atoms with Gasteiger partial charge in [-0.2, -0.15) is 0 Å². The molecule has 0 saturated carbocycles. The second kappa shape index (κ2) is 8.07.